The van der Waals surface area contributed by atoms with E-state index in [0.717, 1.165) is 0 Å². The summed E-state index contributed by atoms with van der Waals surface area (Å²) in [5.74, 6) is -0.302. The maximum absolute atomic E-state index is 13.8. The summed E-state index contributed by atoms with van der Waals surface area (Å²) < 4.78 is 13.8. The molecule has 2 N–H and O–H groups in total. The molecule has 1 aliphatic rings. The molecule has 1 saturated heterocycles. The zero-order chi connectivity index (χ0) is 17.1. The van der Waals surface area contributed by atoms with Crippen LogP contribution in [0.2, 0.25) is 0 Å². The van der Waals surface area contributed by atoms with Crippen LogP contribution in [-0.4, -0.2) is 29.9 Å². The topological polar surface area (TPSA) is 46.3 Å². The fourth-order valence-corrected chi connectivity index (χ4v) is 3.45. The van der Waals surface area contributed by atoms with Crippen molar-refractivity contribution in [2.45, 2.75) is 25.3 Å². The first kappa shape index (κ1) is 19.4. The van der Waals surface area contributed by atoms with E-state index in [1.807, 2.05) is 30.0 Å². The third kappa shape index (κ3) is 4.39. The lowest BCUT2D eigenvalue weighted by Gasteiger charge is -2.21. The number of nitrogens with two attached hydrogens (primary N) is 1. The van der Waals surface area contributed by atoms with Gasteiger partial charge >= 0.3 is 0 Å². The Morgan fingerprint density at radius 2 is 1.80 bits per heavy atom. The minimum absolute atomic E-state index is 0. The molecule has 1 unspecified atom stereocenters. The molecule has 3 nitrogen and oxygen atoms in total. The lowest BCUT2D eigenvalue weighted by Crippen LogP contribution is -2.36. The summed E-state index contributed by atoms with van der Waals surface area (Å²) in [6.45, 7) is 3.04. The zero-order valence-corrected chi connectivity index (χ0v) is 15.1. The van der Waals surface area contributed by atoms with Crippen molar-refractivity contribution < 1.29 is 9.18 Å². The second-order valence-electron chi connectivity index (χ2n) is 6.62. The Bertz CT molecular complexity index is 710. The number of halogens is 2. The summed E-state index contributed by atoms with van der Waals surface area (Å²) in [5.41, 5.74) is 8.02. The standard InChI is InChI=1S/C20H23FN2O.ClH/c1-14(11-16-9-5-6-10-18(16)21)20(24)23-12-17(19(22)13-23)15-7-3-2-4-8-15;/h2-10,14,17,19H,11-13,22H2,1H3;1H/t14?,17-,19+;/m0./s1. The molecule has 0 aliphatic carbocycles. The van der Waals surface area contributed by atoms with Crippen molar-refractivity contribution in [1.29, 1.82) is 0 Å². The monoisotopic (exact) mass is 362 g/mol. The van der Waals surface area contributed by atoms with E-state index in [0.29, 0.717) is 25.1 Å². The van der Waals surface area contributed by atoms with Crippen molar-refractivity contribution in [3.05, 3.63) is 71.5 Å². The van der Waals surface area contributed by atoms with Gasteiger partial charge in [-0.25, -0.2) is 4.39 Å². The summed E-state index contributed by atoms with van der Waals surface area (Å²) in [5, 5.41) is 0. The van der Waals surface area contributed by atoms with Crippen molar-refractivity contribution in [3.8, 4) is 0 Å². The first-order chi connectivity index (χ1) is 11.6. The van der Waals surface area contributed by atoms with Crippen molar-refractivity contribution in [3.63, 3.8) is 0 Å². The highest BCUT2D eigenvalue weighted by atomic mass is 35.5. The van der Waals surface area contributed by atoms with Crippen LogP contribution in [0.4, 0.5) is 4.39 Å². The molecule has 0 bridgehead atoms. The van der Waals surface area contributed by atoms with Gasteiger partial charge in [-0.2, -0.15) is 0 Å². The van der Waals surface area contributed by atoms with E-state index in [1.54, 1.807) is 18.2 Å². The van der Waals surface area contributed by atoms with Gasteiger partial charge < -0.3 is 10.6 Å². The van der Waals surface area contributed by atoms with Crippen LogP contribution >= 0.6 is 12.4 Å². The third-order valence-corrected chi connectivity index (χ3v) is 4.81. The Labute approximate surface area is 154 Å². The smallest absolute Gasteiger partial charge is 0.225 e. The van der Waals surface area contributed by atoms with Gasteiger partial charge in [-0.3, -0.25) is 4.79 Å². The summed E-state index contributed by atoms with van der Waals surface area (Å²) in [6.07, 6.45) is 0.410. The number of carbonyl (C=O) groups excluding carboxylic acids is 1. The van der Waals surface area contributed by atoms with Gasteiger partial charge in [-0.05, 0) is 23.6 Å². The Hall–Kier alpha value is -1.91. The van der Waals surface area contributed by atoms with Crippen LogP contribution in [0.15, 0.2) is 54.6 Å². The SMILES string of the molecule is CC(Cc1ccccc1F)C(=O)N1C[C@@H](N)[C@H](c2ccccc2)C1.Cl. The van der Waals surface area contributed by atoms with Gasteiger partial charge in [-0.1, -0.05) is 55.5 Å². The van der Waals surface area contributed by atoms with Gasteiger partial charge in [0, 0.05) is 31.0 Å². The molecule has 0 aromatic heterocycles. The molecule has 0 spiro atoms. The molecule has 2 aromatic rings. The van der Waals surface area contributed by atoms with Gasteiger partial charge in [0.1, 0.15) is 5.82 Å². The van der Waals surface area contributed by atoms with Crippen molar-refractivity contribution in [2.24, 2.45) is 11.7 Å². The molecule has 3 atom stereocenters. The average Bonchev–Trinajstić information content (AvgIpc) is 2.98. The van der Waals surface area contributed by atoms with E-state index in [-0.39, 0.29) is 42.0 Å². The Balaban J connectivity index is 0.00000225. The van der Waals surface area contributed by atoms with Crippen LogP contribution < -0.4 is 5.73 Å². The molecule has 1 amide bonds. The number of hydrogen-bond donors (Lipinski definition) is 1. The van der Waals surface area contributed by atoms with Crippen LogP contribution in [0.3, 0.4) is 0 Å². The number of rotatable bonds is 4. The summed E-state index contributed by atoms with van der Waals surface area (Å²) in [4.78, 5) is 14.6. The van der Waals surface area contributed by atoms with E-state index in [9.17, 15) is 9.18 Å². The molecule has 2 aromatic carbocycles. The van der Waals surface area contributed by atoms with E-state index >= 15 is 0 Å². The van der Waals surface area contributed by atoms with E-state index in [2.05, 4.69) is 12.1 Å². The molecule has 0 radical (unpaired) electrons. The second kappa shape index (κ2) is 8.45. The molecule has 1 aliphatic heterocycles. The van der Waals surface area contributed by atoms with E-state index in [4.69, 9.17) is 5.73 Å². The minimum atomic E-state index is -0.261. The van der Waals surface area contributed by atoms with E-state index < -0.39 is 0 Å². The highest BCUT2D eigenvalue weighted by Gasteiger charge is 2.35. The van der Waals surface area contributed by atoms with Crippen LogP contribution in [0, 0.1) is 11.7 Å². The molecule has 3 rings (SSSR count). The van der Waals surface area contributed by atoms with Gasteiger partial charge in [0.05, 0.1) is 0 Å². The number of amides is 1. The van der Waals surface area contributed by atoms with Gasteiger partial charge in [0.2, 0.25) is 5.91 Å². The molecule has 25 heavy (non-hydrogen) atoms. The quantitative estimate of drug-likeness (QED) is 0.906. The molecule has 5 heteroatoms. The number of likely N-dealkylation sites (tertiary alicyclic amines) is 1. The van der Waals surface area contributed by atoms with Crippen LogP contribution in [0.5, 0.6) is 0 Å². The molecule has 1 heterocycles. The first-order valence-electron chi connectivity index (χ1n) is 8.39. The lowest BCUT2D eigenvalue weighted by molar-refractivity contribution is -0.133. The molecule has 134 valence electrons. The van der Waals surface area contributed by atoms with E-state index in [1.165, 1.54) is 11.6 Å². The van der Waals surface area contributed by atoms with Gasteiger partial charge in [0.25, 0.3) is 0 Å². The van der Waals surface area contributed by atoms with Crippen molar-refractivity contribution in [2.75, 3.05) is 13.1 Å². The highest BCUT2D eigenvalue weighted by Crippen LogP contribution is 2.28. The van der Waals surface area contributed by atoms with Crippen LogP contribution in [0.1, 0.15) is 24.0 Å². The fourth-order valence-electron chi connectivity index (χ4n) is 3.45. The van der Waals surface area contributed by atoms with Gasteiger partial charge in [-0.15, -0.1) is 12.4 Å². The Morgan fingerprint density at radius 1 is 1.16 bits per heavy atom. The predicted molar refractivity (Wildman–Crippen MR) is 100 cm³/mol. The lowest BCUT2D eigenvalue weighted by atomic mass is 9.95. The third-order valence-electron chi connectivity index (χ3n) is 4.81. The molecule has 1 fully saturated rings. The summed E-state index contributed by atoms with van der Waals surface area (Å²) in [7, 11) is 0. The fraction of sp³-hybridized carbons (Fsp3) is 0.350. The summed E-state index contributed by atoms with van der Waals surface area (Å²) >= 11 is 0. The highest BCUT2D eigenvalue weighted by molar-refractivity contribution is 5.85. The molecular weight excluding hydrogens is 339 g/mol. The Kier molecular flexibility index (Phi) is 6.57. The zero-order valence-electron chi connectivity index (χ0n) is 14.3. The van der Waals surface area contributed by atoms with Crippen molar-refractivity contribution in [1.82, 2.24) is 4.90 Å². The number of benzene rings is 2. The predicted octanol–water partition coefficient (Wildman–Crippen LogP) is 3.38. The number of hydrogen-bond acceptors (Lipinski definition) is 2. The normalized spacial score (nSPS) is 20.8. The minimum Gasteiger partial charge on any atom is -0.340 e. The largest absolute Gasteiger partial charge is 0.340 e. The van der Waals surface area contributed by atoms with Crippen LogP contribution in [-0.2, 0) is 11.2 Å². The molecule has 0 saturated carbocycles. The number of carbonyl (C=O) groups is 1. The maximum atomic E-state index is 13.8. The number of nitrogens with zero attached hydrogens (tertiary/aromatic N) is 1. The summed E-state index contributed by atoms with van der Waals surface area (Å²) in [6, 6.07) is 16.7. The Morgan fingerprint density at radius 3 is 2.48 bits per heavy atom. The van der Waals surface area contributed by atoms with Crippen molar-refractivity contribution >= 4 is 18.3 Å². The van der Waals surface area contributed by atoms with Gasteiger partial charge in [0.15, 0.2) is 0 Å². The molecular formula is C20H24ClFN2O. The first-order valence-corrected chi connectivity index (χ1v) is 8.39. The second-order valence-corrected chi connectivity index (χ2v) is 6.62. The average molecular weight is 363 g/mol. The van der Waals surface area contributed by atoms with Crippen LogP contribution in [0.25, 0.3) is 0 Å². The maximum Gasteiger partial charge on any atom is 0.225 e.